The summed E-state index contributed by atoms with van der Waals surface area (Å²) in [6, 6.07) is 15.1. The predicted octanol–water partition coefficient (Wildman–Crippen LogP) is 2.53. The van der Waals surface area contributed by atoms with Gasteiger partial charge in [-0.25, -0.2) is 0 Å². The molecule has 0 bridgehead atoms. The van der Waals surface area contributed by atoms with Crippen molar-refractivity contribution in [3.05, 3.63) is 65.7 Å². The predicted molar refractivity (Wildman–Crippen MR) is 109 cm³/mol. The van der Waals surface area contributed by atoms with Gasteiger partial charge in [0.1, 0.15) is 11.5 Å². The summed E-state index contributed by atoms with van der Waals surface area (Å²) in [4.78, 5) is 25.6. The van der Waals surface area contributed by atoms with Gasteiger partial charge >= 0.3 is 0 Å². The number of amides is 2. The highest BCUT2D eigenvalue weighted by Crippen LogP contribution is 2.14. The first kappa shape index (κ1) is 21.0. The molecule has 2 rings (SSSR count). The summed E-state index contributed by atoms with van der Waals surface area (Å²) in [5.74, 6) is 1.08. The summed E-state index contributed by atoms with van der Waals surface area (Å²) in [6.45, 7) is 0.511. The van der Waals surface area contributed by atoms with Gasteiger partial charge in [0.2, 0.25) is 11.8 Å². The van der Waals surface area contributed by atoms with Crippen molar-refractivity contribution in [2.45, 2.75) is 6.42 Å². The van der Waals surface area contributed by atoms with E-state index in [1.165, 1.54) is 11.0 Å². The van der Waals surface area contributed by atoms with Crippen molar-refractivity contribution in [3.63, 3.8) is 0 Å². The van der Waals surface area contributed by atoms with Crippen molar-refractivity contribution in [1.29, 1.82) is 0 Å². The van der Waals surface area contributed by atoms with Crippen LogP contribution in [0.3, 0.4) is 0 Å². The number of benzene rings is 2. The number of carbonyl (C=O) groups excluding carboxylic acids is 2. The Kier molecular flexibility index (Phi) is 8.09. The van der Waals surface area contributed by atoms with E-state index < -0.39 is 0 Å². The number of likely N-dealkylation sites (N-methyl/N-ethyl adjacent to an activating group) is 1. The normalized spacial score (nSPS) is 10.5. The Morgan fingerprint density at radius 3 is 2.43 bits per heavy atom. The van der Waals surface area contributed by atoms with Crippen molar-refractivity contribution in [1.82, 2.24) is 10.2 Å². The lowest BCUT2D eigenvalue weighted by molar-refractivity contribution is -0.131. The molecule has 0 saturated carbocycles. The summed E-state index contributed by atoms with van der Waals surface area (Å²) >= 11 is 0. The van der Waals surface area contributed by atoms with Crippen LogP contribution >= 0.6 is 0 Å². The Labute approximate surface area is 165 Å². The molecule has 6 heteroatoms. The highest BCUT2D eigenvalue weighted by molar-refractivity contribution is 5.94. The smallest absolute Gasteiger partial charge is 0.246 e. The minimum Gasteiger partial charge on any atom is -0.497 e. The zero-order chi connectivity index (χ0) is 20.4. The molecule has 2 amide bonds. The van der Waals surface area contributed by atoms with Gasteiger partial charge in [-0.3, -0.25) is 9.59 Å². The van der Waals surface area contributed by atoms with E-state index in [0.717, 1.165) is 22.6 Å². The van der Waals surface area contributed by atoms with Gasteiger partial charge in [0.15, 0.2) is 0 Å². The fourth-order valence-electron chi connectivity index (χ4n) is 2.53. The minimum atomic E-state index is -0.242. The van der Waals surface area contributed by atoms with Gasteiger partial charge in [-0.05, 0) is 47.9 Å². The number of ether oxygens (including phenoxy) is 2. The molecule has 0 aliphatic carbocycles. The second-order valence-electron chi connectivity index (χ2n) is 6.25. The Balaban J connectivity index is 1.75. The molecule has 0 aromatic heterocycles. The molecular formula is C22H26N2O4. The maximum atomic E-state index is 12.2. The van der Waals surface area contributed by atoms with Crippen LogP contribution in [0.25, 0.3) is 6.08 Å². The van der Waals surface area contributed by atoms with Crippen molar-refractivity contribution < 1.29 is 19.1 Å². The van der Waals surface area contributed by atoms with Crippen molar-refractivity contribution >= 4 is 17.9 Å². The summed E-state index contributed by atoms with van der Waals surface area (Å²) in [5, 5.41) is 2.83. The molecule has 0 heterocycles. The fourth-order valence-corrected chi connectivity index (χ4v) is 2.53. The van der Waals surface area contributed by atoms with E-state index in [0.29, 0.717) is 13.0 Å². The average Bonchev–Trinajstić information content (AvgIpc) is 2.72. The molecule has 0 fully saturated rings. The SMILES string of the molecule is COc1ccc(CCNC(=O)CN(C)C(=O)/C=C/c2cccc(OC)c2)cc1. The molecule has 0 unspecified atom stereocenters. The number of rotatable bonds is 9. The average molecular weight is 382 g/mol. The maximum Gasteiger partial charge on any atom is 0.246 e. The molecular weight excluding hydrogens is 356 g/mol. The zero-order valence-corrected chi connectivity index (χ0v) is 16.5. The lowest BCUT2D eigenvalue weighted by Gasteiger charge is -2.15. The first-order valence-electron chi connectivity index (χ1n) is 8.98. The van der Waals surface area contributed by atoms with Crippen LogP contribution in [-0.4, -0.2) is 51.1 Å². The van der Waals surface area contributed by atoms with Crippen LogP contribution in [0.1, 0.15) is 11.1 Å². The van der Waals surface area contributed by atoms with E-state index in [2.05, 4.69) is 5.32 Å². The first-order chi connectivity index (χ1) is 13.5. The fraction of sp³-hybridized carbons (Fsp3) is 0.273. The van der Waals surface area contributed by atoms with Crippen LogP contribution in [0.2, 0.25) is 0 Å². The molecule has 0 aliphatic heterocycles. The van der Waals surface area contributed by atoms with Gasteiger partial charge in [-0.2, -0.15) is 0 Å². The monoisotopic (exact) mass is 382 g/mol. The Hall–Kier alpha value is -3.28. The van der Waals surface area contributed by atoms with Gasteiger partial charge in [0.25, 0.3) is 0 Å². The summed E-state index contributed by atoms with van der Waals surface area (Å²) in [7, 11) is 4.81. The third kappa shape index (κ3) is 6.79. The van der Waals surface area contributed by atoms with Crippen molar-refractivity contribution in [2.75, 3.05) is 34.4 Å². The highest BCUT2D eigenvalue weighted by Gasteiger charge is 2.10. The van der Waals surface area contributed by atoms with Crippen LogP contribution in [-0.2, 0) is 16.0 Å². The first-order valence-corrected chi connectivity index (χ1v) is 8.98. The van der Waals surface area contributed by atoms with Crippen LogP contribution in [0, 0.1) is 0 Å². The minimum absolute atomic E-state index is 0.00387. The summed E-state index contributed by atoms with van der Waals surface area (Å²) < 4.78 is 10.3. The lowest BCUT2D eigenvalue weighted by Crippen LogP contribution is -2.38. The molecule has 0 atom stereocenters. The molecule has 0 spiro atoms. The number of nitrogens with zero attached hydrogens (tertiary/aromatic N) is 1. The van der Waals surface area contributed by atoms with E-state index in [4.69, 9.17) is 9.47 Å². The van der Waals surface area contributed by atoms with Crippen LogP contribution in [0.4, 0.5) is 0 Å². The Bertz CT molecular complexity index is 816. The molecule has 148 valence electrons. The van der Waals surface area contributed by atoms with E-state index in [1.807, 2.05) is 48.5 Å². The number of methoxy groups -OCH3 is 2. The summed E-state index contributed by atoms with van der Waals surface area (Å²) in [5.41, 5.74) is 1.96. The third-order valence-electron chi connectivity index (χ3n) is 4.16. The number of nitrogens with one attached hydrogen (secondary N) is 1. The van der Waals surface area contributed by atoms with E-state index in [9.17, 15) is 9.59 Å². The highest BCUT2D eigenvalue weighted by atomic mass is 16.5. The van der Waals surface area contributed by atoms with Crippen molar-refractivity contribution in [2.24, 2.45) is 0 Å². The molecule has 0 saturated heterocycles. The van der Waals surface area contributed by atoms with Gasteiger partial charge in [0.05, 0.1) is 20.8 Å². The molecule has 2 aromatic rings. The molecule has 6 nitrogen and oxygen atoms in total. The maximum absolute atomic E-state index is 12.2. The molecule has 1 N–H and O–H groups in total. The molecule has 28 heavy (non-hydrogen) atoms. The quantitative estimate of drug-likeness (QED) is 0.677. The summed E-state index contributed by atoms with van der Waals surface area (Å²) in [6.07, 6.45) is 3.85. The van der Waals surface area contributed by atoms with E-state index in [-0.39, 0.29) is 18.4 Å². The Morgan fingerprint density at radius 1 is 1.04 bits per heavy atom. The van der Waals surface area contributed by atoms with E-state index in [1.54, 1.807) is 27.3 Å². The van der Waals surface area contributed by atoms with Gasteiger partial charge in [-0.1, -0.05) is 24.3 Å². The second-order valence-corrected chi connectivity index (χ2v) is 6.25. The second kappa shape index (κ2) is 10.8. The Morgan fingerprint density at radius 2 is 1.75 bits per heavy atom. The number of hydrogen-bond donors (Lipinski definition) is 1. The van der Waals surface area contributed by atoms with E-state index >= 15 is 0 Å². The topological polar surface area (TPSA) is 67.9 Å². The standard InChI is InChI=1S/C22H26N2O4/c1-24(22(26)12-9-18-5-4-6-20(15-18)28-3)16-21(25)23-14-13-17-7-10-19(27-2)11-8-17/h4-12,15H,13-14,16H2,1-3H3,(H,23,25)/b12-9+. The van der Waals surface area contributed by atoms with Crippen LogP contribution in [0.15, 0.2) is 54.6 Å². The van der Waals surface area contributed by atoms with Crippen molar-refractivity contribution in [3.8, 4) is 11.5 Å². The number of carbonyl (C=O) groups is 2. The zero-order valence-electron chi connectivity index (χ0n) is 16.5. The van der Waals surface area contributed by atoms with Gasteiger partial charge in [0, 0.05) is 19.7 Å². The lowest BCUT2D eigenvalue weighted by atomic mass is 10.1. The number of hydrogen-bond acceptors (Lipinski definition) is 4. The molecule has 0 aliphatic rings. The van der Waals surface area contributed by atoms with Gasteiger partial charge in [-0.15, -0.1) is 0 Å². The molecule has 0 radical (unpaired) electrons. The van der Waals surface area contributed by atoms with Gasteiger partial charge < -0.3 is 19.7 Å². The van der Waals surface area contributed by atoms with Crippen LogP contribution < -0.4 is 14.8 Å². The molecule has 2 aromatic carbocycles. The third-order valence-corrected chi connectivity index (χ3v) is 4.16. The largest absolute Gasteiger partial charge is 0.497 e. The van der Waals surface area contributed by atoms with Crippen LogP contribution in [0.5, 0.6) is 11.5 Å².